The second kappa shape index (κ2) is 4.67. The molecule has 0 spiro atoms. The zero-order valence-corrected chi connectivity index (χ0v) is 10.3. The SMILES string of the molecule is CNC(=O)c1c(N)nsc1NCC(C)(C)O. The maximum Gasteiger partial charge on any atom is 0.257 e. The lowest BCUT2D eigenvalue weighted by atomic mass is 10.1. The third-order valence-electron chi connectivity index (χ3n) is 1.85. The number of anilines is 2. The molecule has 6 nitrogen and oxygen atoms in total. The predicted octanol–water partition coefficient (Wildman–Crippen LogP) is 0.268. The normalized spacial score (nSPS) is 11.2. The topological polar surface area (TPSA) is 100 Å². The molecule has 0 saturated heterocycles. The summed E-state index contributed by atoms with van der Waals surface area (Å²) in [5.41, 5.74) is 5.06. The van der Waals surface area contributed by atoms with E-state index in [2.05, 4.69) is 15.0 Å². The third kappa shape index (κ3) is 3.07. The van der Waals surface area contributed by atoms with Gasteiger partial charge in [0, 0.05) is 13.6 Å². The molecule has 16 heavy (non-hydrogen) atoms. The van der Waals surface area contributed by atoms with Gasteiger partial charge in [0.25, 0.3) is 5.91 Å². The van der Waals surface area contributed by atoms with Crippen molar-refractivity contribution in [2.24, 2.45) is 0 Å². The zero-order valence-electron chi connectivity index (χ0n) is 9.50. The summed E-state index contributed by atoms with van der Waals surface area (Å²) in [5, 5.41) is 15.6. The Morgan fingerprint density at radius 1 is 1.62 bits per heavy atom. The molecule has 0 aliphatic rings. The molecule has 5 N–H and O–H groups in total. The monoisotopic (exact) mass is 244 g/mol. The first kappa shape index (κ1) is 12.7. The highest BCUT2D eigenvalue weighted by atomic mass is 32.1. The van der Waals surface area contributed by atoms with E-state index in [0.717, 1.165) is 11.5 Å². The van der Waals surface area contributed by atoms with Crippen LogP contribution in [-0.4, -0.2) is 34.6 Å². The number of nitrogens with one attached hydrogen (secondary N) is 2. The van der Waals surface area contributed by atoms with Crippen molar-refractivity contribution in [2.75, 3.05) is 24.6 Å². The molecule has 0 saturated carbocycles. The molecule has 7 heteroatoms. The summed E-state index contributed by atoms with van der Waals surface area (Å²) in [4.78, 5) is 11.5. The molecule has 0 aliphatic carbocycles. The Kier molecular flexibility index (Phi) is 3.71. The first-order valence-electron chi connectivity index (χ1n) is 4.78. The van der Waals surface area contributed by atoms with Gasteiger partial charge in [-0.05, 0) is 25.4 Å². The van der Waals surface area contributed by atoms with Crippen molar-refractivity contribution in [3.63, 3.8) is 0 Å². The summed E-state index contributed by atoms with van der Waals surface area (Å²) in [5.74, 6) is -0.0907. The van der Waals surface area contributed by atoms with Gasteiger partial charge in [-0.15, -0.1) is 0 Å². The fourth-order valence-corrected chi connectivity index (χ4v) is 1.77. The Morgan fingerprint density at radius 2 is 2.25 bits per heavy atom. The number of amides is 1. The highest BCUT2D eigenvalue weighted by Gasteiger charge is 2.20. The average Bonchev–Trinajstić information content (AvgIpc) is 2.54. The minimum Gasteiger partial charge on any atom is -0.389 e. The van der Waals surface area contributed by atoms with Crippen molar-refractivity contribution >= 4 is 28.3 Å². The second-order valence-electron chi connectivity index (χ2n) is 4.02. The summed E-state index contributed by atoms with van der Waals surface area (Å²) in [6.45, 7) is 3.66. The lowest BCUT2D eigenvalue weighted by molar-refractivity contribution is 0.0935. The summed E-state index contributed by atoms with van der Waals surface area (Å²) >= 11 is 1.10. The Hall–Kier alpha value is -1.34. The summed E-state index contributed by atoms with van der Waals surface area (Å²) in [6, 6.07) is 0. The molecule has 0 bridgehead atoms. The minimum absolute atomic E-state index is 0.197. The van der Waals surface area contributed by atoms with Gasteiger partial charge in [-0.1, -0.05) is 0 Å². The van der Waals surface area contributed by atoms with E-state index in [0.29, 0.717) is 17.1 Å². The first-order valence-corrected chi connectivity index (χ1v) is 5.56. The molecular weight excluding hydrogens is 228 g/mol. The van der Waals surface area contributed by atoms with Crippen molar-refractivity contribution in [1.29, 1.82) is 0 Å². The molecule has 0 aromatic carbocycles. The van der Waals surface area contributed by atoms with Gasteiger partial charge < -0.3 is 21.5 Å². The molecule has 0 unspecified atom stereocenters. The van der Waals surface area contributed by atoms with Gasteiger partial charge in [0.15, 0.2) is 5.82 Å². The van der Waals surface area contributed by atoms with Crippen LogP contribution in [0.2, 0.25) is 0 Å². The van der Waals surface area contributed by atoms with Crippen molar-refractivity contribution in [3.8, 4) is 0 Å². The first-order chi connectivity index (χ1) is 7.35. The quantitative estimate of drug-likeness (QED) is 0.609. The lowest BCUT2D eigenvalue weighted by Crippen LogP contribution is -2.30. The lowest BCUT2D eigenvalue weighted by Gasteiger charge is -2.17. The number of hydrogen-bond donors (Lipinski definition) is 4. The number of hydrogen-bond acceptors (Lipinski definition) is 6. The molecule has 0 atom stereocenters. The summed E-state index contributed by atoms with van der Waals surface area (Å²) in [6.07, 6.45) is 0. The number of carbonyl (C=O) groups is 1. The molecule has 1 amide bonds. The predicted molar refractivity (Wildman–Crippen MR) is 64.7 cm³/mol. The van der Waals surface area contributed by atoms with E-state index in [1.165, 1.54) is 7.05 Å². The number of carbonyl (C=O) groups excluding carboxylic acids is 1. The van der Waals surface area contributed by atoms with E-state index in [9.17, 15) is 9.90 Å². The molecule has 0 fully saturated rings. The van der Waals surface area contributed by atoms with Crippen molar-refractivity contribution < 1.29 is 9.90 Å². The highest BCUT2D eigenvalue weighted by Crippen LogP contribution is 2.26. The molecule has 0 radical (unpaired) electrons. The fraction of sp³-hybridized carbons (Fsp3) is 0.556. The maximum absolute atomic E-state index is 11.5. The van der Waals surface area contributed by atoms with E-state index in [-0.39, 0.29) is 11.7 Å². The minimum atomic E-state index is -0.862. The fourth-order valence-electron chi connectivity index (χ4n) is 1.06. The molecule has 1 heterocycles. The molecule has 1 aromatic heterocycles. The van der Waals surface area contributed by atoms with Crippen molar-refractivity contribution in [1.82, 2.24) is 9.69 Å². The van der Waals surface area contributed by atoms with Gasteiger partial charge >= 0.3 is 0 Å². The van der Waals surface area contributed by atoms with E-state index in [4.69, 9.17) is 5.73 Å². The van der Waals surface area contributed by atoms with Crippen LogP contribution < -0.4 is 16.4 Å². The number of rotatable bonds is 4. The highest BCUT2D eigenvalue weighted by molar-refractivity contribution is 7.11. The number of nitrogens with two attached hydrogens (primary N) is 1. The van der Waals surface area contributed by atoms with Gasteiger partial charge in [0.1, 0.15) is 10.6 Å². The van der Waals surface area contributed by atoms with E-state index < -0.39 is 5.60 Å². The number of nitrogens with zero attached hydrogens (tertiary/aromatic N) is 1. The summed E-state index contributed by atoms with van der Waals surface area (Å²) < 4.78 is 3.90. The van der Waals surface area contributed by atoms with Crippen LogP contribution in [0, 0.1) is 0 Å². The van der Waals surface area contributed by atoms with Crippen LogP contribution in [0.1, 0.15) is 24.2 Å². The van der Waals surface area contributed by atoms with E-state index in [1.54, 1.807) is 13.8 Å². The van der Waals surface area contributed by atoms with Gasteiger partial charge in [0.05, 0.1) is 5.60 Å². The number of aromatic nitrogens is 1. The van der Waals surface area contributed by atoms with Gasteiger partial charge in [-0.2, -0.15) is 4.37 Å². The van der Waals surface area contributed by atoms with Gasteiger partial charge in [0.2, 0.25) is 0 Å². The van der Waals surface area contributed by atoms with Crippen molar-refractivity contribution in [3.05, 3.63) is 5.56 Å². The van der Waals surface area contributed by atoms with Crippen LogP contribution >= 0.6 is 11.5 Å². The van der Waals surface area contributed by atoms with Gasteiger partial charge in [-0.25, -0.2) is 0 Å². The zero-order chi connectivity index (χ0) is 12.3. The van der Waals surface area contributed by atoms with Crippen LogP contribution in [0.5, 0.6) is 0 Å². The van der Waals surface area contributed by atoms with Crippen LogP contribution in [-0.2, 0) is 0 Å². The van der Waals surface area contributed by atoms with E-state index >= 15 is 0 Å². The average molecular weight is 244 g/mol. The Bertz CT molecular complexity index is 383. The van der Waals surface area contributed by atoms with Crippen LogP contribution in [0.3, 0.4) is 0 Å². The molecule has 90 valence electrons. The van der Waals surface area contributed by atoms with Crippen LogP contribution in [0.15, 0.2) is 0 Å². The number of nitrogen functional groups attached to an aromatic ring is 1. The standard InChI is InChI=1S/C9H16N4O2S/c1-9(2,15)4-12-8-5(7(14)11-3)6(10)13-16-8/h12,15H,4H2,1-3H3,(H2,10,13)(H,11,14). The van der Waals surface area contributed by atoms with Crippen molar-refractivity contribution in [2.45, 2.75) is 19.4 Å². The maximum atomic E-state index is 11.5. The Balaban J connectivity index is 2.85. The van der Waals surface area contributed by atoms with Gasteiger partial charge in [-0.3, -0.25) is 4.79 Å². The Labute approximate surface area is 98.0 Å². The second-order valence-corrected chi connectivity index (χ2v) is 4.79. The molecule has 0 aliphatic heterocycles. The largest absolute Gasteiger partial charge is 0.389 e. The Morgan fingerprint density at radius 3 is 2.75 bits per heavy atom. The van der Waals surface area contributed by atoms with E-state index in [1.807, 2.05) is 0 Å². The smallest absolute Gasteiger partial charge is 0.257 e. The molecular formula is C9H16N4O2S. The number of aliphatic hydroxyl groups is 1. The van der Waals surface area contributed by atoms with Crippen LogP contribution in [0.4, 0.5) is 10.8 Å². The third-order valence-corrected chi connectivity index (χ3v) is 2.67. The molecule has 1 rings (SSSR count). The van der Waals surface area contributed by atoms with Crippen LogP contribution in [0.25, 0.3) is 0 Å². The summed E-state index contributed by atoms with van der Waals surface area (Å²) in [7, 11) is 1.53. The molecule has 1 aromatic rings.